The second kappa shape index (κ2) is 8.89. The maximum Gasteiger partial charge on any atom is 0.0144 e. The van der Waals surface area contributed by atoms with Gasteiger partial charge in [0.2, 0.25) is 0 Å². The number of rotatable bonds is 1. The Morgan fingerprint density at radius 2 is 1.94 bits per heavy atom. The molecule has 0 atom stereocenters. The molecule has 0 heterocycles. The summed E-state index contributed by atoms with van der Waals surface area (Å²) in [6, 6.07) is 0. The van der Waals surface area contributed by atoms with Crippen molar-refractivity contribution in [2.24, 2.45) is 0 Å². The molecule has 17 heavy (non-hydrogen) atoms. The molecule has 0 aromatic carbocycles. The molecule has 2 aliphatic carbocycles. The largest absolute Gasteiger partial charge is 0.0895 e. The van der Waals surface area contributed by atoms with Gasteiger partial charge in [-0.25, -0.2) is 0 Å². The Hall–Kier alpha value is -0.127. The number of allylic oxidation sites excluding steroid dienone is 8. The molecule has 95 valence electrons. The van der Waals surface area contributed by atoms with E-state index < -0.39 is 0 Å². The van der Waals surface area contributed by atoms with Crippen molar-refractivity contribution in [3.05, 3.63) is 45.2 Å². The van der Waals surface area contributed by atoms with Crippen LogP contribution < -0.4 is 0 Å². The molecule has 0 aromatic heterocycles. The zero-order valence-electron chi connectivity index (χ0n) is 10.4. The molecule has 0 aromatic rings. The SMILES string of the molecule is CCC1=[C]([Ru])CC=C1.Cl/C1=C/CC/C=C\CC1. The van der Waals surface area contributed by atoms with E-state index in [-0.39, 0.29) is 0 Å². The van der Waals surface area contributed by atoms with Crippen LogP contribution in [0.2, 0.25) is 0 Å². The van der Waals surface area contributed by atoms with E-state index >= 15 is 0 Å². The fourth-order valence-corrected chi connectivity index (χ4v) is 2.60. The van der Waals surface area contributed by atoms with Crippen LogP contribution in [0, 0.1) is 0 Å². The van der Waals surface area contributed by atoms with Gasteiger partial charge in [-0.2, -0.15) is 0 Å². The standard InChI is InChI=1S/C8H11Cl.C7H9.Ru/c9-8-6-4-2-1-3-5-7-8;1-2-7-5-3-4-6-7;/h1-2,7H,3-6H2;3,5H,2,4H2,1H3;/b2-1-,8-7+;;. The molecule has 2 heteroatoms. The summed E-state index contributed by atoms with van der Waals surface area (Å²) >= 11 is 8.50. The van der Waals surface area contributed by atoms with E-state index in [1.807, 2.05) is 0 Å². The van der Waals surface area contributed by atoms with Crippen LogP contribution in [0.25, 0.3) is 0 Å². The van der Waals surface area contributed by atoms with Crippen molar-refractivity contribution in [2.75, 3.05) is 0 Å². The normalized spacial score (nSPS) is 24.3. The van der Waals surface area contributed by atoms with E-state index in [9.17, 15) is 0 Å². The second-order valence-corrected chi connectivity index (χ2v) is 5.65. The molecule has 0 radical (unpaired) electrons. The Morgan fingerprint density at radius 1 is 1.18 bits per heavy atom. The number of halogens is 1. The molecule has 0 aliphatic heterocycles. The summed E-state index contributed by atoms with van der Waals surface area (Å²) < 4.78 is 1.48. The van der Waals surface area contributed by atoms with Crippen molar-refractivity contribution in [3.63, 3.8) is 0 Å². The van der Waals surface area contributed by atoms with Crippen LogP contribution in [0.5, 0.6) is 0 Å². The van der Waals surface area contributed by atoms with E-state index in [4.69, 9.17) is 11.6 Å². The Morgan fingerprint density at radius 3 is 2.53 bits per heavy atom. The maximum absolute atomic E-state index is 5.82. The van der Waals surface area contributed by atoms with Crippen molar-refractivity contribution in [1.82, 2.24) is 0 Å². The number of hydrogen-bond donors (Lipinski definition) is 0. The van der Waals surface area contributed by atoms with E-state index in [0.29, 0.717) is 0 Å². The third-order valence-electron chi connectivity index (χ3n) is 2.75. The fourth-order valence-electron chi connectivity index (χ4n) is 1.72. The van der Waals surface area contributed by atoms with Gasteiger partial charge in [0.25, 0.3) is 0 Å². The van der Waals surface area contributed by atoms with Crippen LogP contribution in [-0.4, -0.2) is 0 Å². The molecule has 0 fully saturated rings. The fraction of sp³-hybridized carbons (Fsp3) is 0.467. The molecule has 0 spiro atoms. The number of hydrogen-bond acceptors (Lipinski definition) is 0. The van der Waals surface area contributed by atoms with Crippen molar-refractivity contribution < 1.29 is 18.3 Å². The summed E-state index contributed by atoms with van der Waals surface area (Å²) in [5.41, 5.74) is 1.50. The van der Waals surface area contributed by atoms with Crippen LogP contribution in [-0.2, 0) is 18.3 Å². The summed E-state index contributed by atoms with van der Waals surface area (Å²) in [5, 5.41) is 1.03. The summed E-state index contributed by atoms with van der Waals surface area (Å²) in [7, 11) is 0. The average Bonchev–Trinajstić information content (AvgIpc) is 2.70. The van der Waals surface area contributed by atoms with Gasteiger partial charge in [-0.1, -0.05) is 29.8 Å². The monoisotopic (exact) mass is 337 g/mol. The molecule has 0 unspecified atom stereocenters. The smallest absolute Gasteiger partial charge is 0.0144 e. The molecule has 0 nitrogen and oxygen atoms in total. The van der Waals surface area contributed by atoms with Gasteiger partial charge >= 0.3 is 60.0 Å². The molecule has 0 saturated carbocycles. The van der Waals surface area contributed by atoms with Crippen LogP contribution in [0.3, 0.4) is 0 Å². The minimum absolute atomic E-state index is 1.03. The summed E-state index contributed by atoms with van der Waals surface area (Å²) in [6.45, 7) is 2.19. The van der Waals surface area contributed by atoms with Crippen LogP contribution >= 0.6 is 11.6 Å². The molecule has 0 saturated heterocycles. The first-order valence-corrected chi connectivity index (χ1v) is 7.51. The third kappa shape index (κ3) is 6.39. The van der Waals surface area contributed by atoms with Crippen molar-refractivity contribution in [3.8, 4) is 0 Å². The van der Waals surface area contributed by atoms with Gasteiger partial charge < -0.3 is 0 Å². The van der Waals surface area contributed by atoms with Gasteiger partial charge in [0.1, 0.15) is 0 Å². The van der Waals surface area contributed by atoms with Gasteiger partial charge in [-0.15, -0.1) is 0 Å². The average molecular weight is 337 g/mol. The molecule has 0 amide bonds. The van der Waals surface area contributed by atoms with Crippen LogP contribution in [0.15, 0.2) is 45.2 Å². The summed E-state index contributed by atoms with van der Waals surface area (Å²) in [4.78, 5) is 0. The van der Waals surface area contributed by atoms with E-state index in [1.54, 1.807) is 0 Å². The maximum atomic E-state index is 5.82. The predicted molar refractivity (Wildman–Crippen MR) is 72.6 cm³/mol. The molecule has 2 rings (SSSR count). The zero-order chi connectivity index (χ0) is 12.5. The molecule has 0 N–H and O–H groups in total. The molecular weight excluding hydrogens is 317 g/mol. The third-order valence-corrected chi connectivity index (χ3v) is 4.00. The van der Waals surface area contributed by atoms with Gasteiger partial charge in [0.05, 0.1) is 0 Å². The van der Waals surface area contributed by atoms with Gasteiger partial charge in [0, 0.05) is 5.03 Å². The van der Waals surface area contributed by atoms with Gasteiger partial charge in [0.15, 0.2) is 0 Å². The zero-order valence-corrected chi connectivity index (χ0v) is 12.9. The first-order chi connectivity index (χ1) is 8.24. The van der Waals surface area contributed by atoms with E-state index in [1.165, 1.54) is 16.2 Å². The van der Waals surface area contributed by atoms with E-state index in [2.05, 4.69) is 55.6 Å². The summed E-state index contributed by atoms with van der Waals surface area (Å²) in [5.74, 6) is 0. The minimum atomic E-state index is 1.03. The Labute approximate surface area is 120 Å². The van der Waals surface area contributed by atoms with E-state index in [0.717, 1.165) is 37.1 Å². The topological polar surface area (TPSA) is 0 Å². The minimum Gasteiger partial charge on any atom is -0.0895 e. The van der Waals surface area contributed by atoms with Crippen molar-refractivity contribution >= 4 is 11.6 Å². The quantitative estimate of drug-likeness (QED) is 0.444. The predicted octanol–water partition coefficient (Wildman–Crippen LogP) is 5.40. The Balaban J connectivity index is 0.000000171. The van der Waals surface area contributed by atoms with Gasteiger partial charge in [-0.3, -0.25) is 0 Å². The van der Waals surface area contributed by atoms with Crippen molar-refractivity contribution in [2.45, 2.75) is 45.4 Å². The Kier molecular flexibility index (Phi) is 7.81. The first kappa shape index (κ1) is 14.9. The molecule has 2 aliphatic rings. The van der Waals surface area contributed by atoms with Gasteiger partial charge in [-0.05, 0) is 25.7 Å². The summed E-state index contributed by atoms with van der Waals surface area (Å²) in [6.07, 6.45) is 17.7. The molecule has 0 bridgehead atoms. The van der Waals surface area contributed by atoms with Crippen LogP contribution in [0.4, 0.5) is 0 Å². The Bertz CT molecular complexity index is 348. The first-order valence-electron chi connectivity index (χ1n) is 6.26. The van der Waals surface area contributed by atoms with Crippen LogP contribution in [0.1, 0.15) is 45.4 Å². The second-order valence-electron chi connectivity index (χ2n) is 4.11. The van der Waals surface area contributed by atoms with Crippen molar-refractivity contribution in [1.29, 1.82) is 0 Å². The molecular formula is C15H20ClRu.